The summed E-state index contributed by atoms with van der Waals surface area (Å²) in [5.74, 6) is -3.50. The fourth-order valence-corrected chi connectivity index (χ4v) is 4.72. The molecule has 4 atom stereocenters. The minimum atomic E-state index is -1.48. The summed E-state index contributed by atoms with van der Waals surface area (Å²) in [6.07, 6.45) is 3.41. The third-order valence-corrected chi connectivity index (χ3v) is 7.19. The van der Waals surface area contributed by atoms with Crippen molar-refractivity contribution in [1.29, 1.82) is 0 Å². The first-order valence-corrected chi connectivity index (χ1v) is 13.6. The zero-order valence-corrected chi connectivity index (χ0v) is 22.9. The average molecular weight is 581 g/mol. The minimum Gasteiger partial charge on any atom is -0.480 e. The summed E-state index contributed by atoms with van der Waals surface area (Å²) >= 11 is 4.04. The van der Waals surface area contributed by atoms with Gasteiger partial charge in [0.2, 0.25) is 17.7 Å². The van der Waals surface area contributed by atoms with Gasteiger partial charge in [-0.2, -0.15) is 12.6 Å². The number of carboxylic acid groups (broad SMARTS) is 1. The van der Waals surface area contributed by atoms with Crippen LogP contribution >= 0.6 is 12.6 Å². The first kappa shape index (κ1) is 29.6. The Bertz CT molecular complexity index is 1550. The fraction of sp³-hybridized carbons (Fsp3) is 0.286. The van der Waals surface area contributed by atoms with Gasteiger partial charge in [0.15, 0.2) is 0 Å². The number of para-hydroxylation sites is 2. The molecule has 41 heavy (non-hydrogen) atoms. The lowest BCUT2D eigenvalue weighted by Gasteiger charge is -2.24. The highest BCUT2D eigenvalue weighted by Gasteiger charge is 2.31. The maximum absolute atomic E-state index is 13.3. The number of nitrogens with one attached hydrogen (secondary N) is 5. The maximum atomic E-state index is 13.3. The second-order valence-electron chi connectivity index (χ2n) is 9.62. The summed E-state index contributed by atoms with van der Waals surface area (Å²) in [6, 6.07) is 9.82. The number of H-pyrrole nitrogens is 2. The van der Waals surface area contributed by atoms with E-state index in [-0.39, 0.29) is 18.6 Å². The topological polar surface area (TPSA) is 202 Å². The van der Waals surface area contributed by atoms with Crippen molar-refractivity contribution in [2.75, 3.05) is 12.4 Å². The van der Waals surface area contributed by atoms with Gasteiger partial charge in [-0.3, -0.25) is 14.4 Å². The lowest BCUT2D eigenvalue weighted by molar-refractivity contribution is -0.142. The Morgan fingerprint density at radius 2 is 1.22 bits per heavy atom. The number of carboxylic acids is 1. The molecule has 0 aliphatic rings. The van der Waals surface area contributed by atoms with E-state index < -0.39 is 54.5 Å². The average Bonchev–Trinajstić information content (AvgIpc) is 3.58. The Hall–Kier alpha value is -4.33. The van der Waals surface area contributed by atoms with E-state index in [0.717, 1.165) is 27.4 Å². The molecule has 0 saturated heterocycles. The molecule has 4 unspecified atom stereocenters. The standard InChI is InChI=1S/C28H32N6O6S/c29-19(14-41)25(36)32-22(9-15-11-30-20-7-3-1-5-17(15)20)26(37)34-24(13-35)27(38)33-23(28(39)40)10-16-12-31-21-8-4-2-6-18(16)21/h1-8,11-12,19,22-24,30-31,35,41H,9-10,13-14,29H2,(H,32,36)(H,33,38)(H,34,37)(H,39,40). The summed E-state index contributed by atoms with van der Waals surface area (Å²) in [6.45, 7) is -0.805. The molecule has 0 saturated carbocycles. The predicted molar refractivity (Wildman–Crippen MR) is 156 cm³/mol. The third kappa shape index (κ3) is 7.06. The molecular weight excluding hydrogens is 548 g/mol. The highest BCUT2D eigenvalue weighted by molar-refractivity contribution is 7.80. The Labute approximate surface area is 240 Å². The number of carbonyl (C=O) groups excluding carboxylic acids is 3. The molecule has 4 rings (SSSR count). The van der Waals surface area contributed by atoms with Gasteiger partial charge in [-0.25, -0.2) is 4.79 Å². The van der Waals surface area contributed by atoms with Crippen LogP contribution in [0, 0.1) is 0 Å². The second kappa shape index (κ2) is 13.4. The lowest BCUT2D eigenvalue weighted by atomic mass is 10.0. The van der Waals surface area contributed by atoms with Crippen LogP contribution in [-0.2, 0) is 32.0 Å². The van der Waals surface area contributed by atoms with Crippen molar-refractivity contribution in [2.24, 2.45) is 5.73 Å². The Balaban J connectivity index is 1.48. The van der Waals surface area contributed by atoms with Gasteiger partial charge >= 0.3 is 5.97 Å². The van der Waals surface area contributed by atoms with Gasteiger partial charge in [0.05, 0.1) is 12.6 Å². The normalized spacial score (nSPS) is 14.2. The Morgan fingerprint density at radius 1 is 0.756 bits per heavy atom. The molecule has 2 aromatic heterocycles. The van der Waals surface area contributed by atoms with Gasteiger partial charge in [-0.1, -0.05) is 36.4 Å². The van der Waals surface area contributed by atoms with Crippen molar-refractivity contribution in [3.8, 4) is 0 Å². The fourth-order valence-electron chi connectivity index (χ4n) is 4.55. The molecule has 0 aliphatic carbocycles. The molecule has 0 bridgehead atoms. The van der Waals surface area contributed by atoms with Crippen molar-refractivity contribution in [2.45, 2.75) is 37.0 Å². The number of hydrogen-bond acceptors (Lipinski definition) is 7. The molecule has 13 heteroatoms. The van der Waals surface area contributed by atoms with Crippen molar-refractivity contribution in [3.63, 3.8) is 0 Å². The van der Waals surface area contributed by atoms with Gasteiger partial charge in [0, 0.05) is 52.8 Å². The molecule has 4 aromatic rings. The van der Waals surface area contributed by atoms with Crippen LogP contribution in [0.3, 0.4) is 0 Å². The quantitative estimate of drug-likeness (QED) is 0.101. The number of benzene rings is 2. The van der Waals surface area contributed by atoms with E-state index in [1.165, 1.54) is 0 Å². The Kier molecular flexibility index (Phi) is 9.65. The largest absolute Gasteiger partial charge is 0.480 e. The number of rotatable bonds is 13. The number of fused-ring (bicyclic) bond motifs is 2. The van der Waals surface area contributed by atoms with Crippen LogP contribution in [0.2, 0.25) is 0 Å². The Morgan fingerprint density at radius 3 is 1.73 bits per heavy atom. The van der Waals surface area contributed by atoms with E-state index in [1.54, 1.807) is 12.4 Å². The van der Waals surface area contributed by atoms with Crippen LogP contribution in [-0.4, -0.2) is 80.4 Å². The number of amides is 3. The summed E-state index contributed by atoms with van der Waals surface area (Å²) in [5.41, 5.74) is 8.86. The van der Waals surface area contributed by atoms with E-state index in [0.29, 0.717) is 5.56 Å². The van der Waals surface area contributed by atoms with Gasteiger partial charge in [0.1, 0.15) is 18.1 Å². The molecule has 12 nitrogen and oxygen atoms in total. The van der Waals surface area contributed by atoms with Crippen LogP contribution in [0.4, 0.5) is 0 Å². The number of nitrogens with two attached hydrogens (primary N) is 1. The number of aliphatic carboxylic acids is 1. The first-order valence-electron chi connectivity index (χ1n) is 12.9. The zero-order valence-electron chi connectivity index (χ0n) is 22.0. The molecule has 2 aromatic carbocycles. The lowest BCUT2D eigenvalue weighted by Crippen LogP contribution is -2.58. The van der Waals surface area contributed by atoms with E-state index in [9.17, 15) is 29.4 Å². The van der Waals surface area contributed by atoms with Crippen molar-refractivity contribution in [1.82, 2.24) is 25.9 Å². The van der Waals surface area contributed by atoms with E-state index >= 15 is 0 Å². The maximum Gasteiger partial charge on any atom is 0.326 e. The number of aliphatic hydroxyl groups excluding tert-OH is 1. The smallest absolute Gasteiger partial charge is 0.326 e. The van der Waals surface area contributed by atoms with Crippen molar-refractivity contribution < 1.29 is 29.4 Å². The molecule has 216 valence electrons. The van der Waals surface area contributed by atoms with Crippen LogP contribution in [0.5, 0.6) is 0 Å². The summed E-state index contributed by atoms with van der Waals surface area (Å²) in [4.78, 5) is 57.1. The molecule has 0 aliphatic heterocycles. The minimum absolute atomic E-state index is 0.0297. The zero-order chi connectivity index (χ0) is 29.5. The van der Waals surface area contributed by atoms with E-state index in [1.807, 2.05) is 48.5 Å². The SMILES string of the molecule is NC(CS)C(=O)NC(Cc1c[nH]c2ccccc12)C(=O)NC(CO)C(=O)NC(Cc1c[nH]c2ccccc12)C(=O)O. The van der Waals surface area contributed by atoms with Crippen LogP contribution < -0.4 is 21.7 Å². The molecule has 3 amide bonds. The van der Waals surface area contributed by atoms with Crippen LogP contribution in [0.15, 0.2) is 60.9 Å². The molecule has 0 radical (unpaired) electrons. The van der Waals surface area contributed by atoms with Crippen LogP contribution in [0.25, 0.3) is 21.8 Å². The van der Waals surface area contributed by atoms with Crippen molar-refractivity contribution >= 4 is 58.1 Å². The molecule has 0 fully saturated rings. The monoisotopic (exact) mass is 580 g/mol. The number of aliphatic hydroxyl groups is 1. The highest BCUT2D eigenvalue weighted by atomic mass is 32.1. The number of aromatic amines is 2. The number of thiol groups is 1. The summed E-state index contributed by atoms with van der Waals surface area (Å²) in [5, 5.41) is 28.8. The molecule has 2 heterocycles. The van der Waals surface area contributed by atoms with E-state index in [2.05, 4.69) is 38.5 Å². The van der Waals surface area contributed by atoms with Crippen molar-refractivity contribution in [3.05, 3.63) is 72.1 Å². The second-order valence-corrected chi connectivity index (χ2v) is 9.99. The van der Waals surface area contributed by atoms with Gasteiger partial charge < -0.3 is 41.9 Å². The number of aromatic nitrogens is 2. The summed E-state index contributed by atoms with van der Waals surface area (Å²) in [7, 11) is 0. The van der Waals surface area contributed by atoms with Gasteiger partial charge in [-0.05, 0) is 23.3 Å². The highest BCUT2D eigenvalue weighted by Crippen LogP contribution is 2.20. The number of carbonyl (C=O) groups is 4. The van der Waals surface area contributed by atoms with Crippen LogP contribution in [0.1, 0.15) is 11.1 Å². The summed E-state index contributed by atoms with van der Waals surface area (Å²) < 4.78 is 0. The van der Waals surface area contributed by atoms with E-state index in [4.69, 9.17) is 5.73 Å². The van der Waals surface area contributed by atoms with Gasteiger partial charge in [0.25, 0.3) is 0 Å². The first-order chi connectivity index (χ1) is 19.7. The molecular formula is C28H32N6O6S. The third-order valence-electron chi connectivity index (χ3n) is 6.79. The number of hydrogen-bond donors (Lipinski definition) is 9. The molecule has 0 spiro atoms. The molecule has 9 N–H and O–H groups in total. The van der Waals surface area contributed by atoms with Gasteiger partial charge in [-0.15, -0.1) is 0 Å². The predicted octanol–water partition coefficient (Wildman–Crippen LogP) is 0.223.